The van der Waals surface area contributed by atoms with Gasteiger partial charge in [-0.05, 0) is 5.56 Å². The van der Waals surface area contributed by atoms with Crippen molar-refractivity contribution in [2.24, 2.45) is 0 Å². The van der Waals surface area contributed by atoms with E-state index in [2.05, 4.69) is 25.0 Å². The van der Waals surface area contributed by atoms with Gasteiger partial charge in [0.25, 0.3) is 5.91 Å². The molecule has 1 rings (SSSR count). The van der Waals surface area contributed by atoms with Crippen LogP contribution in [0.15, 0.2) is 24.3 Å². The van der Waals surface area contributed by atoms with E-state index in [1.807, 2.05) is 24.3 Å². The Bertz CT molecular complexity index is 491. The summed E-state index contributed by atoms with van der Waals surface area (Å²) in [5.74, 6) is -0.637. The SMILES string of the molecule is C[Si](C)(C)c1ccccc1C(O)C(CO)NC(=O)C(Cl)Cl. The fraction of sp³-hybridized carbons (Fsp3) is 0.500. The van der Waals surface area contributed by atoms with Gasteiger partial charge in [0.05, 0.1) is 20.7 Å². The molecule has 4 nitrogen and oxygen atoms in total. The van der Waals surface area contributed by atoms with Crippen molar-refractivity contribution in [3.05, 3.63) is 29.8 Å². The van der Waals surface area contributed by atoms with Crippen LogP contribution in [0.5, 0.6) is 0 Å². The van der Waals surface area contributed by atoms with Crippen molar-refractivity contribution in [2.45, 2.75) is 36.6 Å². The lowest BCUT2D eigenvalue weighted by molar-refractivity contribution is -0.121. The molecule has 0 heterocycles. The Hall–Kier alpha value is -0.593. The van der Waals surface area contributed by atoms with E-state index < -0.39 is 37.6 Å². The van der Waals surface area contributed by atoms with Crippen molar-refractivity contribution in [1.82, 2.24) is 5.32 Å². The highest BCUT2D eigenvalue weighted by molar-refractivity contribution is 6.89. The molecule has 0 saturated heterocycles. The summed E-state index contributed by atoms with van der Waals surface area (Å²) in [6.45, 7) is 6.09. The maximum Gasteiger partial charge on any atom is 0.253 e. The summed E-state index contributed by atoms with van der Waals surface area (Å²) in [5.41, 5.74) is 0.719. The molecular weight excluding hydrogens is 329 g/mol. The highest BCUT2D eigenvalue weighted by Crippen LogP contribution is 2.19. The number of aliphatic hydroxyl groups is 2. The molecule has 0 bridgehead atoms. The highest BCUT2D eigenvalue weighted by atomic mass is 35.5. The first-order valence-corrected chi connectivity index (χ1v) is 11.0. The molecule has 0 aliphatic carbocycles. The van der Waals surface area contributed by atoms with Crippen molar-refractivity contribution in [1.29, 1.82) is 0 Å². The predicted octanol–water partition coefficient (Wildman–Crippen LogP) is 1.55. The second-order valence-corrected chi connectivity index (χ2v) is 12.0. The van der Waals surface area contributed by atoms with Crippen LogP contribution in [0.2, 0.25) is 19.6 Å². The van der Waals surface area contributed by atoms with E-state index in [4.69, 9.17) is 23.2 Å². The van der Waals surface area contributed by atoms with Gasteiger partial charge < -0.3 is 15.5 Å². The van der Waals surface area contributed by atoms with E-state index in [9.17, 15) is 15.0 Å². The van der Waals surface area contributed by atoms with Gasteiger partial charge in [-0.25, -0.2) is 0 Å². The van der Waals surface area contributed by atoms with Crippen LogP contribution in [-0.2, 0) is 4.79 Å². The number of aliphatic hydroxyl groups excluding tert-OH is 2. The Kier molecular flexibility index (Phi) is 6.68. The number of carbonyl (C=O) groups excluding carboxylic acids is 1. The molecule has 0 saturated carbocycles. The van der Waals surface area contributed by atoms with Crippen molar-refractivity contribution in [3.8, 4) is 0 Å². The maximum absolute atomic E-state index is 11.5. The molecule has 0 aliphatic rings. The zero-order chi connectivity index (χ0) is 16.2. The summed E-state index contributed by atoms with van der Waals surface area (Å²) in [6, 6.07) is 6.68. The summed E-state index contributed by atoms with van der Waals surface area (Å²) in [6.07, 6.45) is -1.02. The first kappa shape index (κ1) is 18.5. The lowest BCUT2D eigenvalue weighted by Gasteiger charge is -2.28. The third-order valence-electron chi connectivity index (χ3n) is 3.19. The van der Waals surface area contributed by atoms with Gasteiger partial charge in [-0.1, -0.05) is 72.3 Å². The standard InChI is InChI=1S/C14H21Cl2NO3Si/c1-21(2,3)11-7-5-4-6-9(11)12(19)10(8-18)17-14(20)13(15)16/h4-7,10,12-13,18-19H,8H2,1-3H3,(H,17,20). The summed E-state index contributed by atoms with van der Waals surface area (Å²) >= 11 is 11.0. The number of nitrogens with one attached hydrogen (secondary N) is 1. The van der Waals surface area contributed by atoms with Gasteiger partial charge in [0.15, 0.2) is 4.84 Å². The van der Waals surface area contributed by atoms with E-state index in [1.165, 1.54) is 0 Å². The lowest BCUT2D eigenvalue weighted by Crippen LogP contribution is -2.47. The van der Waals surface area contributed by atoms with Crippen molar-refractivity contribution in [2.75, 3.05) is 6.61 Å². The molecule has 0 aromatic heterocycles. The molecule has 1 aromatic rings. The Labute approximate surface area is 136 Å². The van der Waals surface area contributed by atoms with E-state index in [1.54, 1.807) is 0 Å². The van der Waals surface area contributed by atoms with Crippen LogP contribution in [-0.4, -0.2) is 41.7 Å². The van der Waals surface area contributed by atoms with Crippen LogP contribution in [0.1, 0.15) is 11.7 Å². The lowest BCUT2D eigenvalue weighted by atomic mass is 10.0. The summed E-state index contributed by atoms with van der Waals surface area (Å²) in [7, 11) is -1.67. The molecule has 1 amide bonds. The molecular formula is C14H21Cl2NO3Si. The molecule has 3 N–H and O–H groups in total. The molecule has 118 valence electrons. The fourth-order valence-corrected chi connectivity index (χ4v) is 3.94. The maximum atomic E-state index is 11.5. The number of halogens is 2. The largest absolute Gasteiger partial charge is 0.394 e. The topological polar surface area (TPSA) is 69.6 Å². The molecule has 21 heavy (non-hydrogen) atoms. The Balaban J connectivity index is 3.06. The smallest absolute Gasteiger partial charge is 0.253 e. The van der Waals surface area contributed by atoms with Gasteiger partial charge in [0.2, 0.25) is 0 Å². The number of alkyl halides is 2. The van der Waals surface area contributed by atoms with Crippen molar-refractivity contribution in [3.63, 3.8) is 0 Å². The minimum atomic E-state index is -1.67. The molecule has 7 heteroatoms. The van der Waals surface area contributed by atoms with Crippen LogP contribution in [0.25, 0.3) is 0 Å². The van der Waals surface area contributed by atoms with Crippen LogP contribution in [0, 0.1) is 0 Å². The van der Waals surface area contributed by atoms with Gasteiger partial charge >= 0.3 is 0 Å². The molecule has 0 radical (unpaired) electrons. The minimum absolute atomic E-state index is 0.409. The second-order valence-electron chi connectivity index (χ2n) is 5.88. The first-order chi connectivity index (χ1) is 9.68. The van der Waals surface area contributed by atoms with Gasteiger partial charge in [-0.3, -0.25) is 4.79 Å². The first-order valence-electron chi connectivity index (χ1n) is 6.65. The number of benzene rings is 1. The highest BCUT2D eigenvalue weighted by Gasteiger charge is 2.29. The molecule has 0 spiro atoms. The van der Waals surface area contributed by atoms with E-state index in [0.717, 1.165) is 10.8 Å². The average molecular weight is 350 g/mol. The van der Waals surface area contributed by atoms with Crippen LogP contribution >= 0.6 is 23.2 Å². The van der Waals surface area contributed by atoms with E-state index in [-0.39, 0.29) is 0 Å². The third kappa shape index (κ3) is 4.97. The van der Waals surface area contributed by atoms with Crippen LogP contribution < -0.4 is 10.5 Å². The van der Waals surface area contributed by atoms with Gasteiger partial charge in [0, 0.05) is 0 Å². The molecule has 2 unspecified atom stereocenters. The van der Waals surface area contributed by atoms with Gasteiger partial charge in [-0.15, -0.1) is 0 Å². The number of hydrogen-bond acceptors (Lipinski definition) is 3. The van der Waals surface area contributed by atoms with Gasteiger partial charge in [0.1, 0.15) is 6.10 Å². The normalized spacial score (nSPS) is 14.9. The average Bonchev–Trinajstić information content (AvgIpc) is 2.42. The summed E-state index contributed by atoms with van der Waals surface area (Å²) < 4.78 is 0. The zero-order valence-electron chi connectivity index (χ0n) is 12.3. The zero-order valence-corrected chi connectivity index (χ0v) is 14.8. The Morgan fingerprint density at radius 1 is 1.29 bits per heavy atom. The van der Waals surface area contributed by atoms with Gasteiger partial charge in [-0.2, -0.15) is 0 Å². The quantitative estimate of drug-likeness (QED) is 0.539. The molecule has 0 fully saturated rings. The number of rotatable bonds is 6. The minimum Gasteiger partial charge on any atom is -0.394 e. The number of hydrogen-bond donors (Lipinski definition) is 3. The van der Waals surface area contributed by atoms with E-state index >= 15 is 0 Å². The summed E-state index contributed by atoms with van der Waals surface area (Å²) in [4.78, 5) is 10.3. The monoisotopic (exact) mass is 349 g/mol. The Morgan fingerprint density at radius 2 is 1.86 bits per heavy atom. The third-order valence-corrected chi connectivity index (χ3v) is 5.66. The number of amides is 1. The van der Waals surface area contributed by atoms with Crippen molar-refractivity contribution < 1.29 is 15.0 Å². The molecule has 2 atom stereocenters. The van der Waals surface area contributed by atoms with Crippen LogP contribution in [0.4, 0.5) is 0 Å². The molecule has 1 aromatic carbocycles. The van der Waals surface area contributed by atoms with E-state index in [0.29, 0.717) is 0 Å². The predicted molar refractivity (Wildman–Crippen MR) is 88.9 cm³/mol. The summed E-state index contributed by atoms with van der Waals surface area (Å²) in [5, 5.41) is 23.5. The Morgan fingerprint density at radius 3 is 2.33 bits per heavy atom. The van der Waals surface area contributed by atoms with Crippen molar-refractivity contribution >= 4 is 42.4 Å². The molecule has 0 aliphatic heterocycles. The second kappa shape index (κ2) is 7.60. The fourth-order valence-electron chi connectivity index (χ4n) is 2.12. The van der Waals surface area contributed by atoms with Crippen LogP contribution in [0.3, 0.4) is 0 Å². The number of carbonyl (C=O) groups is 1.